The number of ether oxygens (including phenoxy) is 2. The molecule has 3 nitrogen and oxygen atoms in total. The second-order valence-corrected chi connectivity index (χ2v) is 5.09. The Labute approximate surface area is 108 Å². The fourth-order valence-corrected chi connectivity index (χ4v) is 2.39. The summed E-state index contributed by atoms with van der Waals surface area (Å²) in [5, 5.41) is 9.83. The number of halogens is 2. The number of rotatable bonds is 4. The third kappa shape index (κ3) is 2.40. The van der Waals surface area contributed by atoms with Gasteiger partial charge in [-0.25, -0.2) is 4.39 Å². The molecule has 1 N–H and O–H groups in total. The molecule has 1 aliphatic rings. The van der Waals surface area contributed by atoms with Gasteiger partial charge in [0.2, 0.25) is 0 Å². The summed E-state index contributed by atoms with van der Waals surface area (Å²) in [6.07, 6.45) is 1.74. The molecule has 2 rings (SSSR count). The number of aliphatic hydroxyl groups is 1. The Hall–Kier alpha value is -0.810. The summed E-state index contributed by atoms with van der Waals surface area (Å²) in [5.41, 5.74) is -0.297. The highest BCUT2D eigenvalue weighted by atomic mass is 79.9. The van der Waals surface area contributed by atoms with E-state index in [1.54, 1.807) is 6.07 Å². The van der Waals surface area contributed by atoms with Crippen molar-refractivity contribution < 1.29 is 19.0 Å². The van der Waals surface area contributed by atoms with Gasteiger partial charge in [-0.3, -0.25) is 0 Å². The van der Waals surface area contributed by atoms with Crippen molar-refractivity contribution in [1.29, 1.82) is 0 Å². The molecule has 0 bridgehead atoms. The lowest BCUT2D eigenvalue weighted by atomic mass is 10.1. The zero-order valence-corrected chi connectivity index (χ0v) is 11.3. The van der Waals surface area contributed by atoms with Crippen LogP contribution in [-0.4, -0.2) is 24.9 Å². The van der Waals surface area contributed by atoms with E-state index in [1.807, 2.05) is 0 Å². The Balaban J connectivity index is 2.42. The second kappa shape index (κ2) is 4.46. The third-order valence-electron chi connectivity index (χ3n) is 2.97. The molecule has 0 spiro atoms. The summed E-state index contributed by atoms with van der Waals surface area (Å²) in [6, 6.07) is 1.58. The van der Waals surface area contributed by atoms with Crippen LogP contribution in [0.3, 0.4) is 0 Å². The molecule has 0 atom stereocenters. The van der Waals surface area contributed by atoms with Crippen molar-refractivity contribution in [3.63, 3.8) is 0 Å². The van der Waals surface area contributed by atoms with Gasteiger partial charge in [-0.2, -0.15) is 0 Å². The van der Waals surface area contributed by atoms with Crippen LogP contribution in [0.5, 0.6) is 11.5 Å². The molecule has 0 radical (unpaired) electrons. The molecule has 94 valence electrons. The lowest BCUT2D eigenvalue weighted by Gasteiger charge is -2.15. The van der Waals surface area contributed by atoms with E-state index in [1.165, 1.54) is 14.2 Å². The maximum Gasteiger partial charge on any atom is 0.177 e. The second-order valence-electron chi connectivity index (χ2n) is 4.30. The third-order valence-corrected chi connectivity index (χ3v) is 3.68. The molecule has 1 saturated carbocycles. The summed E-state index contributed by atoms with van der Waals surface area (Å²) >= 11 is 3.15. The molecule has 0 aromatic heterocycles. The first-order valence-electron chi connectivity index (χ1n) is 5.32. The van der Waals surface area contributed by atoms with Crippen molar-refractivity contribution in [3.05, 3.63) is 21.9 Å². The van der Waals surface area contributed by atoms with Crippen molar-refractivity contribution in [2.75, 3.05) is 14.2 Å². The van der Waals surface area contributed by atoms with E-state index in [0.29, 0.717) is 23.5 Å². The highest BCUT2D eigenvalue weighted by Crippen LogP contribution is 2.43. The number of hydrogen-bond donors (Lipinski definition) is 1. The van der Waals surface area contributed by atoms with E-state index in [-0.39, 0.29) is 4.47 Å². The van der Waals surface area contributed by atoms with Crippen LogP contribution in [0, 0.1) is 5.82 Å². The van der Waals surface area contributed by atoms with Crippen LogP contribution in [0.2, 0.25) is 0 Å². The molecule has 1 aromatic carbocycles. The fraction of sp³-hybridized carbons (Fsp3) is 0.500. The van der Waals surface area contributed by atoms with Crippen LogP contribution >= 0.6 is 15.9 Å². The van der Waals surface area contributed by atoms with Gasteiger partial charge in [0.05, 0.1) is 24.3 Å². The summed E-state index contributed by atoms with van der Waals surface area (Å²) in [7, 11) is 2.95. The molecule has 1 aliphatic carbocycles. The predicted molar refractivity (Wildman–Crippen MR) is 65.1 cm³/mol. The van der Waals surface area contributed by atoms with E-state index in [2.05, 4.69) is 15.9 Å². The molecule has 0 saturated heterocycles. The summed E-state index contributed by atoms with van der Waals surface area (Å²) < 4.78 is 24.5. The number of hydrogen-bond acceptors (Lipinski definition) is 3. The Morgan fingerprint density at radius 1 is 1.41 bits per heavy atom. The van der Waals surface area contributed by atoms with E-state index in [4.69, 9.17) is 9.47 Å². The van der Waals surface area contributed by atoms with Crippen LogP contribution < -0.4 is 9.47 Å². The van der Waals surface area contributed by atoms with Gasteiger partial charge in [-0.15, -0.1) is 0 Å². The Morgan fingerprint density at radius 3 is 2.53 bits per heavy atom. The molecule has 0 aliphatic heterocycles. The van der Waals surface area contributed by atoms with Gasteiger partial charge in [-0.1, -0.05) is 0 Å². The summed E-state index contributed by atoms with van der Waals surface area (Å²) in [4.78, 5) is 0. The Kier molecular flexibility index (Phi) is 3.32. The Bertz CT molecular complexity index is 444. The van der Waals surface area contributed by atoms with E-state index < -0.39 is 11.4 Å². The monoisotopic (exact) mass is 304 g/mol. The molecular weight excluding hydrogens is 291 g/mol. The molecule has 0 amide bonds. The van der Waals surface area contributed by atoms with Crippen molar-refractivity contribution in [1.82, 2.24) is 0 Å². The van der Waals surface area contributed by atoms with Crippen molar-refractivity contribution >= 4 is 15.9 Å². The molecule has 5 heteroatoms. The molecule has 17 heavy (non-hydrogen) atoms. The molecule has 0 heterocycles. The average Bonchev–Trinajstić information content (AvgIpc) is 3.02. The maximum absolute atomic E-state index is 14.0. The first-order chi connectivity index (χ1) is 8.00. The summed E-state index contributed by atoms with van der Waals surface area (Å²) in [6.45, 7) is 0. The lowest BCUT2D eigenvalue weighted by Crippen LogP contribution is -2.12. The first kappa shape index (κ1) is 12.6. The standard InChI is InChI=1S/C12H14BrFO3/c1-16-8-5-7(6-12(15)3-4-12)10(14)9(13)11(8)17-2/h5,15H,3-4,6H2,1-2H3. The van der Waals surface area contributed by atoms with Crippen LogP contribution in [0.1, 0.15) is 18.4 Å². The van der Waals surface area contributed by atoms with Gasteiger partial charge >= 0.3 is 0 Å². The minimum absolute atomic E-state index is 0.235. The normalized spacial score (nSPS) is 16.8. The van der Waals surface area contributed by atoms with Crippen LogP contribution in [-0.2, 0) is 6.42 Å². The van der Waals surface area contributed by atoms with Gasteiger partial charge in [0.1, 0.15) is 5.82 Å². The number of benzene rings is 1. The SMILES string of the molecule is COc1cc(CC2(O)CC2)c(F)c(Br)c1OC. The van der Waals surface area contributed by atoms with Crippen molar-refractivity contribution in [2.24, 2.45) is 0 Å². The molecular formula is C12H14BrFO3. The maximum atomic E-state index is 14.0. The lowest BCUT2D eigenvalue weighted by molar-refractivity contribution is 0.149. The molecule has 1 aromatic rings. The van der Waals surface area contributed by atoms with E-state index in [0.717, 1.165) is 12.8 Å². The van der Waals surface area contributed by atoms with Crippen molar-refractivity contribution in [3.8, 4) is 11.5 Å². The largest absolute Gasteiger partial charge is 0.493 e. The average molecular weight is 305 g/mol. The smallest absolute Gasteiger partial charge is 0.177 e. The van der Waals surface area contributed by atoms with Gasteiger partial charge in [0.25, 0.3) is 0 Å². The minimum atomic E-state index is -0.736. The predicted octanol–water partition coefficient (Wildman–Crippen LogP) is 2.67. The first-order valence-corrected chi connectivity index (χ1v) is 6.11. The topological polar surface area (TPSA) is 38.7 Å². The van der Waals surface area contributed by atoms with Gasteiger partial charge < -0.3 is 14.6 Å². The highest BCUT2D eigenvalue weighted by molar-refractivity contribution is 9.10. The molecule has 0 unspecified atom stereocenters. The fourth-order valence-electron chi connectivity index (χ4n) is 1.78. The highest BCUT2D eigenvalue weighted by Gasteiger charge is 2.41. The van der Waals surface area contributed by atoms with Gasteiger partial charge in [0, 0.05) is 6.42 Å². The minimum Gasteiger partial charge on any atom is -0.493 e. The van der Waals surface area contributed by atoms with Gasteiger partial charge in [-0.05, 0) is 40.4 Å². The zero-order valence-electron chi connectivity index (χ0n) is 9.72. The van der Waals surface area contributed by atoms with Crippen LogP contribution in [0.25, 0.3) is 0 Å². The Morgan fingerprint density at radius 2 is 2.06 bits per heavy atom. The number of methoxy groups -OCH3 is 2. The van der Waals surface area contributed by atoms with Crippen LogP contribution in [0.15, 0.2) is 10.5 Å². The molecule has 1 fully saturated rings. The quantitative estimate of drug-likeness (QED) is 0.929. The van der Waals surface area contributed by atoms with Crippen LogP contribution in [0.4, 0.5) is 4.39 Å². The van der Waals surface area contributed by atoms with E-state index in [9.17, 15) is 9.50 Å². The summed E-state index contributed by atoms with van der Waals surface area (Å²) in [5.74, 6) is 0.388. The zero-order chi connectivity index (χ0) is 12.6. The van der Waals surface area contributed by atoms with Crippen molar-refractivity contribution in [2.45, 2.75) is 24.9 Å². The van der Waals surface area contributed by atoms with E-state index >= 15 is 0 Å². The van der Waals surface area contributed by atoms with Gasteiger partial charge in [0.15, 0.2) is 11.5 Å².